The molecule has 0 aromatic heterocycles. The van der Waals surface area contributed by atoms with Crippen LogP contribution in [0.5, 0.6) is 0 Å². The van der Waals surface area contributed by atoms with Gasteiger partial charge in [0.2, 0.25) is 22.2 Å². The lowest BCUT2D eigenvalue weighted by Crippen LogP contribution is -2.60. The Kier molecular flexibility index (Phi) is 35.5. The second-order valence-corrected chi connectivity index (χ2v) is 20.0. The quantitative estimate of drug-likeness (QED) is 0.0977. The van der Waals surface area contributed by atoms with Gasteiger partial charge in [-0.15, -0.1) is 0 Å². The normalized spacial score (nSPS) is 24.4. The van der Waals surface area contributed by atoms with Crippen LogP contribution >= 0.6 is 0 Å². The molecule has 0 amide bonds. The van der Waals surface area contributed by atoms with E-state index in [0.717, 1.165) is 9.52 Å². The molecule has 4 fully saturated rings. The molecule has 4 aliphatic rings. The van der Waals surface area contributed by atoms with E-state index in [9.17, 15) is 40.7 Å². The van der Waals surface area contributed by atoms with Crippen LogP contribution in [-0.4, -0.2) is 141 Å². The first-order valence-corrected chi connectivity index (χ1v) is 18.2. The minimum Gasteiger partial charge on any atom is -0.727 e. The van der Waals surface area contributed by atoms with Gasteiger partial charge < -0.3 is 62.8 Å². The molecule has 12 N–H and O–H groups in total. The van der Waals surface area contributed by atoms with Crippen LogP contribution in [0.4, 0.5) is 0 Å². The molecular formula is C39H92N4O16. The van der Waals surface area contributed by atoms with Gasteiger partial charge >= 0.3 is 0 Å². The van der Waals surface area contributed by atoms with E-state index in [1.54, 1.807) is 0 Å². The maximum atomic E-state index is 11.7. The van der Waals surface area contributed by atoms with Gasteiger partial charge in [-0.05, 0) is 81.1 Å². The predicted molar refractivity (Wildman–Crippen MR) is 228 cm³/mol. The van der Waals surface area contributed by atoms with Crippen molar-refractivity contribution in [2.24, 2.45) is 0 Å². The van der Waals surface area contributed by atoms with Crippen LogP contribution in [0.15, 0.2) is 0 Å². The highest BCUT2D eigenvalue weighted by Crippen LogP contribution is 2.38. The number of aliphatic hydroxyl groups is 4. The molecule has 0 atom stereocenters. The van der Waals surface area contributed by atoms with E-state index in [1.165, 1.54) is 10.1 Å². The molecule has 0 spiro atoms. The number of hydroxylamine groups is 4. The average Bonchev–Trinajstić information content (AvgIpc) is 2.98. The Hall–Kier alpha value is -1.76. The fraction of sp³-hybridized carbons (Fsp3) is 1.00. The largest absolute Gasteiger partial charge is 0.727 e. The van der Waals surface area contributed by atoms with E-state index in [4.69, 9.17) is 31.0 Å². The molecule has 0 radical (unpaired) electrons. The second-order valence-electron chi connectivity index (χ2n) is 20.0. The lowest BCUT2D eigenvalue weighted by Gasteiger charge is -2.50. The summed E-state index contributed by atoms with van der Waals surface area (Å²) in [6.45, 7) is 30.6. The van der Waals surface area contributed by atoms with Gasteiger partial charge in [0.05, 0.1) is 24.4 Å². The Morgan fingerprint density at radius 2 is 0.508 bits per heavy atom. The molecule has 4 aliphatic heterocycles. The van der Waals surface area contributed by atoms with Crippen LogP contribution < -0.4 is 10.5 Å². The smallest absolute Gasteiger partial charge is 0.208 e. The second kappa shape index (κ2) is 28.0. The molecule has 4 rings (SSSR count). The van der Waals surface area contributed by atoms with Crippen LogP contribution in [0.1, 0.15) is 184 Å². The summed E-state index contributed by atoms with van der Waals surface area (Å²) in [6, 6.07) is 0. The van der Waals surface area contributed by atoms with E-state index in [2.05, 4.69) is 0 Å². The van der Waals surface area contributed by atoms with Crippen molar-refractivity contribution in [3.63, 3.8) is 0 Å². The number of nitrogens with zero attached hydrogens (tertiary/aromatic N) is 4. The number of hydrogen-bond acceptors (Lipinski definition) is 16. The van der Waals surface area contributed by atoms with Crippen molar-refractivity contribution in [2.45, 2.75) is 253 Å². The summed E-state index contributed by atoms with van der Waals surface area (Å²) in [7, 11) is 0. The summed E-state index contributed by atoms with van der Waals surface area (Å²) in [5, 5.41) is 86.5. The van der Waals surface area contributed by atoms with Crippen molar-refractivity contribution in [3.8, 4) is 0 Å². The molecule has 0 saturated carbocycles. The van der Waals surface area contributed by atoms with Crippen molar-refractivity contribution in [1.82, 2.24) is 10.1 Å². The summed E-state index contributed by atoms with van der Waals surface area (Å²) in [5.74, 6) is 0. The third kappa shape index (κ3) is 22.2. The van der Waals surface area contributed by atoms with E-state index in [0.29, 0.717) is 51.4 Å². The van der Waals surface area contributed by atoms with Crippen LogP contribution in [0.3, 0.4) is 0 Å². The van der Waals surface area contributed by atoms with E-state index in [1.807, 2.05) is 111 Å². The predicted octanol–water partition coefficient (Wildman–Crippen LogP) is 3.70. The first-order chi connectivity index (χ1) is 24.0. The lowest BCUT2D eigenvalue weighted by molar-refractivity contribution is -0.696. The van der Waals surface area contributed by atoms with Gasteiger partial charge in [0.15, 0.2) is 0 Å². The molecule has 0 aromatic rings. The minimum absolute atomic E-state index is 0. The number of hydrogen-bond donors (Lipinski definition) is 8. The van der Waals surface area contributed by atoms with Crippen LogP contribution in [-0.2, 0) is 0 Å². The van der Waals surface area contributed by atoms with Gasteiger partial charge in [0.1, 0.15) is 0 Å². The van der Waals surface area contributed by atoms with E-state index >= 15 is 0 Å². The maximum absolute atomic E-state index is 11.7. The standard InChI is InChI=1S/2C9H19NO2.2C9H18NO2.3CH4.2H2O2.O2.2H2O/c4*1-8(2)5-7(11)6-9(3,4)10(8)12;;;;3*1-2;;/h2*7,11-12H,5-6H2,1-4H3;2*7,11H,5-6H2,1-4H3;3*1H4;2*1-2H;;2*1H2/q;;2*+1;;;;;;;;/p-2. The zero-order chi connectivity index (χ0) is 44.3. The summed E-state index contributed by atoms with van der Waals surface area (Å²) >= 11 is 0. The summed E-state index contributed by atoms with van der Waals surface area (Å²) in [6.07, 6.45) is 3.55. The molecule has 20 nitrogen and oxygen atoms in total. The van der Waals surface area contributed by atoms with Crippen molar-refractivity contribution in [2.75, 3.05) is 0 Å². The van der Waals surface area contributed by atoms with Gasteiger partial charge in [0, 0.05) is 132 Å². The van der Waals surface area contributed by atoms with Crippen molar-refractivity contribution < 1.29 is 72.3 Å². The molecule has 0 bridgehead atoms. The van der Waals surface area contributed by atoms with E-state index in [-0.39, 0.29) is 79.8 Å². The zero-order valence-corrected chi connectivity index (χ0v) is 36.8. The SMILES string of the molecule is C.C.C.CC1(C)CC(O)CC(C)(C)N1O.CC1(C)CC(O)CC(C)(C)N1O.CC1(C)CC(O)CC(C)(C)[N+]1=O.CC1(C)CC(O)CC(C)(C)[N+]1=O.O.O.O=O.[O-]O.[O-]O. The maximum Gasteiger partial charge on any atom is 0.208 e. The Bertz CT molecular complexity index is 988. The highest BCUT2D eigenvalue weighted by molar-refractivity contribution is 4.97. The Balaban J connectivity index is -0.0000000913. The monoisotopic (exact) mass is 873 g/mol. The average molecular weight is 873 g/mol. The van der Waals surface area contributed by atoms with Crippen LogP contribution in [0.2, 0.25) is 0 Å². The number of piperidine rings is 4. The molecular weight excluding hydrogens is 780 g/mol. The topological polar surface area (TPSA) is 352 Å². The molecule has 0 aliphatic carbocycles. The first kappa shape index (κ1) is 74.7. The van der Waals surface area contributed by atoms with Gasteiger partial charge in [0.25, 0.3) is 0 Å². The summed E-state index contributed by atoms with van der Waals surface area (Å²) in [5.41, 5.74) is -2.99. The third-order valence-corrected chi connectivity index (χ3v) is 10.4. The molecule has 20 heteroatoms. The van der Waals surface area contributed by atoms with Crippen molar-refractivity contribution in [1.29, 1.82) is 0 Å². The number of nitroso groups, excluding NO2 is 2. The summed E-state index contributed by atoms with van der Waals surface area (Å²) in [4.78, 5) is 37.4. The molecule has 364 valence electrons. The van der Waals surface area contributed by atoms with Crippen molar-refractivity contribution >= 4 is 0 Å². The van der Waals surface area contributed by atoms with Gasteiger partial charge in [-0.3, -0.25) is 0 Å². The molecule has 59 heavy (non-hydrogen) atoms. The van der Waals surface area contributed by atoms with Gasteiger partial charge in [-0.1, -0.05) is 22.3 Å². The molecule has 4 heterocycles. The summed E-state index contributed by atoms with van der Waals surface area (Å²) < 4.78 is 2.24. The molecule has 4 saturated heterocycles. The third-order valence-electron chi connectivity index (χ3n) is 10.4. The molecule has 0 aromatic carbocycles. The van der Waals surface area contributed by atoms with E-state index < -0.39 is 22.2 Å². The van der Waals surface area contributed by atoms with Gasteiger partial charge in [-0.25, -0.2) is 0 Å². The number of rotatable bonds is 0. The van der Waals surface area contributed by atoms with Crippen LogP contribution in [0.25, 0.3) is 0 Å². The Labute approximate surface area is 355 Å². The van der Waals surface area contributed by atoms with Crippen LogP contribution in [0, 0.1) is 19.7 Å². The lowest BCUT2D eigenvalue weighted by atomic mass is 9.80. The fourth-order valence-electron chi connectivity index (χ4n) is 8.86. The fourth-order valence-corrected chi connectivity index (χ4v) is 8.86. The Morgan fingerprint density at radius 1 is 0.390 bits per heavy atom. The zero-order valence-electron chi connectivity index (χ0n) is 36.8. The highest BCUT2D eigenvalue weighted by Gasteiger charge is 2.54. The first-order valence-electron chi connectivity index (χ1n) is 18.2. The van der Waals surface area contributed by atoms with Gasteiger partial charge in [-0.2, -0.15) is 10.1 Å². The molecule has 0 unspecified atom stereocenters. The van der Waals surface area contributed by atoms with Crippen molar-refractivity contribution in [3.05, 3.63) is 19.7 Å². The highest BCUT2D eigenvalue weighted by atomic mass is 17.0. The number of aliphatic hydroxyl groups excluding tert-OH is 4. The Morgan fingerprint density at radius 3 is 0.644 bits per heavy atom. The minimum atomic E-state index is -0.429.